The molecule has 5 heteroatoms. The monoisotopic (exact) mass is 253 g/mol. The number of nitrogens with zero attached hydrogens (tertiary/aromatic N) is 1. The van der Waals surface area contributed by atoms with Crippen LogP contribution in [0.1, 0.15) is 20.8 Å². The molecule has 1 rings (SSSR count). The third kappa shape index (κ3) is 3.55. The topological polar surface area (TPSA) is 46.6 Å². The zero-order valence-electron chi connectivity index (χ0n) is 10.9. The number of benzene rings is 1. The van der Waals surface area contributed by atoms with Gasteiger partial charge in [0.05, 0.1) is 5.69 Å². The third-order valence-corrected chi connectivity index (χ3v) is 2.09. The van der Waals surface area contributed by atoms with Crippen LogP contribution < -0.4 is 4.90 Å². The Morgan fingerprint density at radius 3 is 2.28 bits per heavy atom. The fourth-order valence-corrected chi connectivity index (χ4v) is 1.29. The smallest absolute Gasteiger partial charge is 0.397 e. The van der Waals surface area contributed by atoms with E-state index >= 15 is 0 Å². The van der Waals surface area contributed by atoms with Crippen LogP contribution >= 0.6 is 0 Å². The number of anilines is 1. The lowest BCUT2D eigenvalue weighted by Crippen LogP contribution is -2.38. The van der Waals surface area contributed by atoms with Crippen LogP contribution in [0.2, 0.25) is 0 Å². The molecule has 0 saturated heterocycles. The fraction of sp³-hybridized carbons (Fsp3) is 0.385. The Hall–Kier alpha value is -1.91. The molecule has 0 aliphatic heterocycles. The number of likely N-dealkylation sites (N-methyl/N-ethyl adjacent to an activating group) is 1. The Bertz CT molecular complexity index is 466. The molecule has 0 heterocycles. The molecule has 0 aliphatic rings. The minimum Gasteiger partial charge on any atom is -0.453 e. The van der Waals surface area contributed by atoms with Crippen molar-refractivity contribution in [3.63, 3.8) is 0 Å². The first-order valence-electron chi connectivity index (χ1n) is 5.48. The number of para-hydroxylation sites is 1. The lowest BCUT2D eigenvalue weighted by atomic mass is 10.2. The maximum Gasteiger partial charge on any atom is 0.397 e. The van der Waals surface area contributed by atoms with Gasteiger partial charge in [-0.25, -0.2) is 9.18 Å². The molecular formula is C13H16FNO3. The molecule has 0 radical (unpaired) electrons. The van der Waals surface area contributed by atoms with Gasteiger partial charge < -0.3 is 9.64 Å². The molecule has 18 heavy (non-hydrogen) atoms. The molecule has 0 aliphatic carbocycles. The van der Waals surface area contributed by atoms with Crippen LogP contribution in [0.5, 0.6) is 0 Å². The van der Waals surface area contributed by atoms with Gasteiger partial charge in [0.1, 0.15) is 11.4 Å². The number of rotatable bonds is 1. The zero-order chi connectivity index (χ0) is 13.9. The summed E-state index contributed by atoms with van der Waals surface area (Å²) < 4.78 is 18.4. The van der Waals surface area contributed by atoms with Gasteiger partial charge in [0.25, 0.3) is 0 Å². The zero-order valence-corrected chi connectivity index (χ0v) is 10.9. The molecule has 0 bridgehead atoms. The lowest BCUT2D eigenvalue weighted by molar-refractivity contribution is -0.162. The number of amides is 1. The number of esters is 1. The summed E-state index contributed by atoms with van der Waals surface area (Å²) in [5.41, 5.74) is -0.726. The Labute approximate surface area is 105 Å². The van der Waals surface area contributed by atoms with Gasteiger partial charge in [-0.15, -0.1) is 0 Å². The van der Waals surface area contributed by atoms with E-state index < -0.39 is 23.3 Å². The van der Waals surface area contributed by atoms with Gasteiger partial charge >= 0.3 is 11.9 Å². The van der Waals surface area contributed by atoms with E-state index in [1.165, 1.54) is 25.2 Å². The van der Waals surface area contributed by atoms with Crippen molar-refractivity contribution in [2.24, 2.45) is 0 Å². The molecule has 0 aromatic heterocycles. The molecule has 0 fully saturated rings. The fourth-order valence-electron chi connectivity index (χ4n) is 1.29. The van der Waals surface area contributed by atoms with Crippen molar-refractivity contribution in [2.75, 3.05) is 11.9 Å². The van der Waals surface area contributed by atoms with Crippen molar-refractivity contribution in [3.8, 4) is 0 Å². The van der Waals surface area contributed by atoms with Crippen LogP contribution in [-0.4, -0.2) is 24.5 Å². The summed E-state index contributed by atoms with van der Waals surface area (Å²) in [6, 6.07) is 5.72. The molecule has 0 spiro atoms. The van der Waals surface area contributed by atoms with Crippen LogP contribution in [0.3, 0.4) is 0 Å². The molecule has 98 valence electrons. The van der Waals surface area contributed by atoms with E-state index in [0.29, 0.717) is 0 Å². The highest BCUT2D eigenvalue weighted by Gasteiger charge is 2.27. The van der Waals surface area contributed by atoms with Gasteiger partial charge in [-0.3, -0.25) is 4.79 Å². The predicted octanol–water partition coefficient (Wildman–Crippen LogP) is 2.13. The van der Waals surface area contributed by atoms with Crippen molar-refractivity contribution in [3.05, 3.63) is 30.1 Å². The summed E-state index contributed by atoms with van der Waals surface area (Å²) in [7, 11) is 1.32. The molecule has 0 N–H and O–H groups in total. The third-order valence-electron chi connectivity index (χ3n) is 2.09. The van der Waals surface area contributed by atoms with Crippen LogP contribution in [0.25, 0.3) is 0 Å². The maximum absolute atomic E-state index is 13.5. The van der Waals surface area contributed by atoms with E-state index in [-0.39, 0.29) is 5.69 Å². The number of ether oxygens (including phenoxy) is 1. The van der Waals surface area contributed by atoms with E-state index in [0.717, 1.165) is 4.90 Å². The van der Waals surface area contributed by atoms with Crippen molar-refractivity contribution in [1.29, 1.82) is 0 Å². The molecule has 1 amide bonds. The second-order valence-electron chi connectivity index (χ2n) is 4.82. The average Bonchev–Trinajstić information content (AvgIpc) is 2.25. The second kappa shape index (κ2) is 5.16. The second-order valence-corrected chi connectivity index (χ2v) is 4.82. The highest BCUT2D eigenvalue weighted by atomic mass is 19.1. The Balaban J connectivity index is 2.85. The first-order chi connectivity index (χ1) is 8.22. The predicted molar refractivity (Wildman–Crippen MR) is 65.7 cm³/mol. The SMILES string of the molecule is CN(C(=O)C(=O)OC(C)(C)C)c1ccccc1F. The van der Waals surface area contributed by atoms with Crippen molar-refractivity contribution in [1.82, 2.24) is 0 Å². The van der Waals surface area contributed by atoms with Crippen molar-refractivity contribution < 1.29 is 18.7 Å². The molecule has 0 atom stereocenters. The Morgan fingerprint density at radius 1 is 1.22 bits per heavy atom. The van der Waals surface area contributed by atoms with Crippen LogP contribution in [-0.2, 0) is 14.3 Å². The van der Waals surface area contributed by atoms with Gasteiger partial charge in [-0.2, -0.15) is 0 Å². The van der Waals surface area contributed by atoms with Crippen molar-refractivity contribution >= 4 is 17.6 Å². The largest absolute Gasteiger partial charge is 0.453 e. The molecular weight excluding hydrogens is 237 g/mol. The first-order valence-corrected chi connectivity index (χ1v) is 5.48. The maximum atomic E-state index is 13.5. The number of halogens is 1. The summed E-state index contributed by atoms with van der Waals surface area (Å²) in [4.78, 5) is 24.2. The van der Waals surface area contributed by atoms with E-state index in [1.54, 1.807) is 26.8 Å². The standard InChI is InChI=1S/C13H16FNO3/c1-13(2,3)18-12(17)11(16)15(4)10-8-6-5-7-9(10)14/h5-8H,1-4H3. The minimum atomic E-state index is -1.01. The number of carbonyl (C=O) groups is 2. The van der Waals surface area contributed by atoms with Gasteiger partial charge in [-0.1, -0.05) is 12.1 Å². The summed E-state index contributed by atoms with van der Waals surface area (Å²) in [6.45, 7) is 4.96. The van der Waals surface area contributed by atoms with E-state index in [1.807, 2.05) is 0 Å². The summed E-state index contributed by atoms with van der Waals surface area (Å²) in [6.07, 6.45) is 0. The Kier molecular flexibility index (Phi) is 4.06. The molecule has 0 unspecified atom stereocenters. The molecule has 4 nitrogen and oxygen atoms in total. The highest BCUT2D eigenvalue weighted by Crippen LogP contribution is 2.18. The normalized spacial score (nSPS) is 10.9. The molecule has 0 saturated carbocycles. The summed E-state index contributed by atoms with van der Waals surface area (Å²) in [5.74, 6) is -2.49. The van der Waals surface area contributed by atoms with E-state index in [2.05, 4.69) is 0 Å². The van der Waals surface area contributed by atoms with Gasteiger partial charge in [0.2, 0.25) is 0 Å². The van der Waals surface area contributed by atoms with Gasteiger partial charge in [0.15, 0.2) is 0 Å². The first kappa shape index (κ1) is 14.2. The minimum absolute atomic E-state index is 0.0355. The summed E-state index contributed by atoms with van der Waals surface area (Å²) in [5, 5.41) is 0. The number of hydrogen-bond acceptors (Lipinski definition) is 3. The van der Waals surface area contributed by atoms with E-state index in [4.69, 9.17) is 4.74 Å². The number of carbonyl (C=O) groups excluding carboxylic acids is 2. The van der Waals surface area contributed by atoms with Gasteiger partial charge in [0, 0.05) is 7.05 Å². The van der Waals surface area contributed by atoms with Crippen LogP contribution in [0, 0.1) is 5.82 Å². The van der Waals surface area contributed by atoms with Crippen LogP contribution in [0.4, 0.5) is 10.1 Å². The lowest BCUT2D eigenvalue weighted by Gasteiger charge is -2.22. The van der Waals surface area contributed by atoms with Crippen LogP contribution in [0.15, 0.2) is 24.3 Å². The Morgan fingerprint density at radius 2 is 1.78 bits per heavy atom. The van der Waals surface area contributed by atoms with Gasteiger partial charge in [-0.05, 0) is 32.9 Å². The summed E-state index contributed by atoms with van der Waals surface area (Å²) >= 11 is 0. The van der Waals surface area contributed by atoms with Crippen molar-refractivity contribution in [2.45, 2.75) is 26.4 Å². The highest BCUT2D eigenvalue weighted by molar-refractivity contribution is 6.38. The molecule has 1 aromatic rings. The average molecular weight is 253 g/mol. The number of hydrogen-bond donors (Lipinski definition) is 0. The quantitative estimate of drug-likeness (QED) is 0.569. The van der Waals surface area contributed by atoms with E-state index in [9.17, 15) is 14.0 Å². The molecule has 1 aromatic carbocycles.